The highest BCUT2D eigenvalue weighted by atomic mass is 16.5. The van der Waals surface area contributed by atoms with Gasteiger partial charge in [-0.15, -0.1) is 0 Å². The fraction of sp³-hybridized carbons (Fsp3) is 0.393. The zero-order chi connectivity index (χ0) is 26.4. The molecule has 0 aromatic heterocycles. The average molecular weight is 495 g/mol. The van der Waals surface area contributed by atoms with E-state index in [9.17, 15) is 19.5 Å². The van der Waals surface area contributed by atoms with E-state index in [1.807, 2.05) is 27.7 Å². The lowest BCUT2D eigenvalue weighted by molar-refractivity contribution is -0.140. The molecule has 0 radical (unpaired) electrons. The van der Waals surface area contributed by atoms with E-state index in [2.05, 4.69) is 4.90 Å². The monoisotopic (exact) mass is 494 g/mol. The number of ketones is 1. The van der Waals surface area contributed by atoms with Crippen molar-refractivity contribution in [3.8, 4) is 11.5 Å². The molecular formula is C28H34N2O6. The van der Waals surface area contributed by atoms with Crippen LogP contribution < -0.4 is 9.47 Å². The van der Waals surface area contributed by atoms with Crippen LogP contribution in [0.2, 0.25) is 0 Å². The van der Waals surface area contributed by atoms with Gasteiger partial charge in [-0.1, -0.05) is 26.0 Å². The van der Waals surface area contributed by atoms with Gasteiger partial charge in [-0.2, -0.15) is 0 Å². The molecule has 0 aliphatic carbocycles. The lowest BCUT2D eigenvalue weighted by Crippen LogP contribution is -2.38. The Balaban J connectivity index is 2.08. The number of aliphatic hydroxyl groups excluding tert-OH is 1. The Labute approximate surface area is 212 Å². The highest BCUT2D eigenvalue weighted by Crippen LogP contribution is 2.40. The van der Waals surface area contributed by atoms with Crippen LogP contribution in [0.1, 0.15) is 51.8 Å². The minimum atomic E-state index is -0.831. The number of carbonyl (C=O) groups is 3. The molecule has 1 fully saturated rings. The summed E-state index contributed by atoms with van der Waals surface area (Å²) >= 11 is 0. The van der Waals surface area contributed by atoms with Gasteiger partial charge in [0.25, 0.3) is 11.7 Å². The quantitative estimate of drug-likeness (QED) is 0.174. The van der Waals surface area contributed by atoms with Gasteiger partial charge < -0.3 is 24.4 Å². The molecule has 3 rings (SSSR count). The van der Waals surface area contributed by atoms with Crippen LogP contribution in [0, 0.1) is 0 Å². The lowest BCUT2D eigenvalue weighted by atomic mass is 9.95. The first-order valence-corrected chi connectivity index (χ1v) is 12.2. The molecule has 8 nitrogen and oxygen atoms in total. The van der Waals surface area contributed by atoms with Crippen molar-refractivity contribution in [2.24, 2.45) is 0 Å². The number of hydrogen-bond donors (Lipinski definition) is 1. The van der Waals surface area contributed by atoms with Crippen molar-refractivity contribution >= 4 is 23.4 Å². The summed E-state index contributed by atoms with van der Waals surface area (Å²) < 4.78 is 10.9. The number of carbonyl (C=O) groups excluding carboxylic acids is 3. The van der Waals surface area contributed by atoms with Gasteiger partial charge in [0, 0.05) is 25.6 Å². The number of amides is 1. The first kappa shape index (κ1) is 26.9. The van der Waals surface area contributed by atoms with Crippen LogP contribution in [0.5, 0.6) is 11.5 Å². The number of nitrogens with zero attached hydrogens (tertiary/aromatic N) is 2. The molecule has 1 N–H and O–H groups in total. The van der Waals surface area contributed by atoms with Crippen molar-refractivity contribution in [3.05, 3.63) is 65.2 Å². The minimum absolute atomic E-state index is 0.00273. The second-order valence-electron chi connectivity index (χ2n) is 8.88. The number of Topliss-reactive ketones (excluding diaryl/α,β-unsaturated/α-hetero) is 1. The van der Waals surface area contributed by atoms with Crippen LogP contribution in [0.15, 0.2) is 54.1 Å². The highest BCUT2D eigenvalue weighted by Gasteiger charge is 2.46. The van der Waals surface area contributed by atoms with E-state index < -0.39 is 23.7 Å². The molecule has 1 saturated heterocycles. The molecule has 1 heterocycles. The molecule has 1 amide bonds. The van der Waals surface area contributed by atoms with Gasteiger partial charge in [0.15, 0.2) is 0 Å². The Morgan fingerprint density at radius 1 is 1.06 bits per heavy atom. The molecule has 0 spiro atoms. The molecule has 1 aliphatic heterocycles. The first-order chi connectivity index (χ1) is 17.2. The topological polar surface area (TPSA) is 96.4 Å². The molecule has 192 valence electrons. The number of esters is 1. The molecule has 8 heteroatoms. The maximum Gasteiger partial charge on any atom is 0.308 e. The standard InChI is InChI=1S/C28H34N2O6/c1-6-29(7-2)15-16-30-25(21-9-8-10-23(17-21)36-19(5)31)24(27(33)28(30)34)26(32)20-11-13-22(14-12-20)35-18(3)4/h8-14,17-18,25,32H,6-7,15-16H2,1-5H3/b26-24-. The Bertz CT molecular complexity index is 1130. The normalized spacial score (nSPS) is 17.2. The third-order valence-corrected chi connectivity index (χ3v) is 6.03. The van der Waals surface area contributed by atoms with E-state index in [1.165, 1.54) is 11.8 Å². The van der Waals surface area contributed by atoms with Crippen molar-refractivity contribution in [1.82, 2.24) is 9.80 Å². The Kier molecular flexibility index (Phi) is 8.88. The van der Waals surface area contributed by atoms with Crippen molar-refractivity contribution in [2.75, 3.05) is 26.2 Å². The Morgan fingerprint density at radius 2 is 1.72 bits per heavy atom. The van der Waals surface area contributed by atoms with E-state index in [-0.39, 0.29) is 17.4 Å². The lowest BCUT2D eigenvalue weighted by Gasteiger charge is -2.28. The van der Waals surface area contributed by atoms with Gasteiger partial charge in [-0.05, 0) is 68.9 Å². The molecule has 36 heavy (non-hydrogen) atoms. The summed E-state index contributed by atoms with van der Waals surface area (Å²) in [5.41, 5.74) is 0.958. The van der Waals surface area contributed by atoms with Crippen molar-refractivity contribution in [3.63, 3.8) is 0 Å². The maximum absolute atomic E-state index is 13.2. The molecule has 0 bridgehead atoms. The van der Waals surface area contributed by atoms with Crippen molar-refractivity contribution in [1.29, 1.82) is 0 Å². The predicted octanol–water partition coefficient (Wildman–Crippen LogP) is 4.16. The highest BCUT2D eigenvalue weighted by molar-refractivity contribution is 6.46. The van der Waals surface area contributed by atoms with Crippen LogP contribution in [-0.4, -0.2) is 64.8 Å². The zero-order valence-electron chi connectivity index (χ0n) is 21.5. The Hall–Kier alpha value is -3.65. The van der Waals surface area contributed by atoms with Crippen molar-refractivity contribution in [2.45, 2.75) is 46.8 Å². The van der Waals surface area contributed by atoms with Gasteiger partial charge in [-0.3, -0.25) is 14.4 Å². The molecular weight excluding hydrogens is 460 g/mol. The Morgan fingerprint density at radius 3 is 2.31 bits per heavy atom. The molecule has 2 aromatic rings. The summed E-state index contributed by atoms with van der Waals surface area (Å²) in [6, 6.07) is 12.6. The van der Waals surface area contributed by atoms with Gasteiger partial charge in [0.05, 0.1) is 17.7 Å². The number of ether oxygens (including phenoxy) is 2. The van der Waals surface area contributed by atoms with Crippen LogP contribution in [0.4, 0.5) is 0 Å². The predicted molar refractivity (Wildman–Crippen MR) is 137 cm³/mol. The van der Waals surface area contributed by atoms with E-state index in [0.717, 1.165) is 13.1 Å². The fourth-order valence-electron chi connectivity index (χ4n) is 4.28. The summed E-state index contributed by atoms with van der Waals surface area (Å²) in [5, 5.41) is 11.3. The zero-order valence-corrected chi connectivity index (χ0v) is 21.5. The number of benzene rings is 2. The van der Waals surface area contributed by atoms with E-state index >= 15 is 0 Å². The van der Waals surface area contributed by atoms with Crippen LogP contribution >= 0.6 is 0 Å². The summed E-state index contributed by atoms with van der Waals surface area (Å²) in [6.45, 7) is 11.7. The minimum Gasteiger partial charge on any atom is -0.507 e. The van der Waals surface area contributed by atoms with E-state index in [4.69, 9.17) is 9.47 Å². The molecule has 1 aliphatic rings. The number of likely N-dealkylation sites (N-methyl/N-ethyl adjacent to an activating group) is 1. The largest absolute Gasteiger partial charge is 0.507 e. The molecule has 2 aromatic carbocycles. The summed E-state index contributed by atoms with van der Waals surface area (Å²) in [6.07, 6.45) is -0.00919. The third-order valence-electron chi connectivity index (χ3n) is 6.03. The van der Waals surface area contributed by atoms with Gasteiger partial charge >= 0.3 is 5.97 Å². The summed E-state index contributed by atoms with van der Waals surface area (Å²) in [7, 11) is 0. The number of likely N-dealkylation sites (tertiary alicyclic amines) is 1. The second kappa shape index (κ2) is 11.9. The number of hydrogen-bond acceptors (Lipinski definition) is 7. The number of rotatable bonds is 10. The second-order valence-corrected chi connectivity index (χ2v) is 8.88. The average Bonchev–Trinajstić information content (AvgIpc) is 3.09. The SMILES string of the molecule is CCN(CC)CCN1C(=O)C(=O)/C(=C(\O)c2ccc(OC(C)C)cc2)C1c1cccc(OC(C)=O)c1. The van der Waals surface area contributed by atoms with Gasteiger partial charge in [0.1, 0.15) is 17.3 Å². The van der Waals surface area contributed by atoms with Gasteiger partial charge in [0.2, 0.25) is 0 Å². The summed E-state index contributed by atoms with van der Waals surface area (Å²) in [5.74, 6) is -1.25. The molecule has 1 unspecified atom stereocenters. The van der Waals surface area contributed by atoms with E-state index in [1.54, 1.807) is 48.5 Å². The molecule has 1 atom stereocenters. The van der Waals surface area contributed by atoms with Crippen LogP contribution in [0.25, 0.3) is 5.76 Å². The smallest absolute Gasteiger partial charge is 0.308 e. The van der Waals surface area contributed by atoms with Crippen molar-refractivity contribution < 1.29 is 29.0 Å². The number of aliphatic hydroxyl groups is 1. The summed E-state index contributed by atoms with van der Waals surface area (Å²) in [4.78, 5) is 41.5. The van der Waals surface area contributed by atoms with Crippen LogP contribution in [0.3, 0.4) is 0 Å². The van der Waals surface area contributed by atoms with Gasteiger partial charge in [-0.25, -0.2) is 0 Å². The van der Waals surface area contributed by atoms with Crippen LogP contribution in [-0.2, 0) is 14.4 Å². The van der Waals surface area contributed by atoms with E-state index in [0.29, 0.717) is 35.7 Å². The third kappa shape index (κ3) is 6.12. The molecule has 0 saturated carbocycles. The fourth-order valence-corrected chi connectivity index (χ4v) is 4.28. The maximum atomic E-state index is 13.2. The first-order valence-electron chi connectivity index (χ1n) is 12.2.